The highest BCUT2D eigenvalue weighted by Crippen LogP contribution is 2.05. The number of aromatic nitrogens is 1. The summed E-state index contributed by atoms with van der Waals surface area (Å²) in [5, 5.41) is 2.79. The topological polar surface area (TPSA) is 54.5 Å². The zero-order valence-corrected chi connectivity index (χ0v) is 12.7. The molecule has 0 saturated heterocycles. The van der Waals surface area contributed by atoms with Crippen molar-refractivity contribution in [3.8, 4) is 0 Å². The van der Waals surface area contributed by atoms with Gasteiger partial charge < -0.3 is 15.0 Å². The van der Waals surface area contributed by atoms with Gasteiger partial charge in [0.15, 0.2) is 0 Å². The van der Waals surface area contributed by atoms with E-state index in [1.54, 1.807) is 30.4 Å². The molecule has 0 bridgehead atoms. The zero-order chi connectivity index (χ0) is 15.6. The molecule has 0 aliphatic rings. The van der Waals surface area contributed by atoms with Crippen LogP contribution in [-0.2, 0) is 11.3 Å². The smallest absolute Gasteiger partial charge is 0.321 e. The van der Waals surface area contributed by atoms with Crippen LogP contribution in [0.4, 0.5) is 10.5 Å². The van der Waals surface area contributed by atoms with Crippen molar-refractivity contribution in [1.29, 1.82) is 0 Å². The van der Waals surface area contributed by atoms with Crippen molar-refractivity contribution in [2.45, 2.75) is 13.0 Å². The van der Waals surface area contributed by atoms with E-state index in [2.05, 4.69) is 10.3 Å². The number of carbonyl (C=O) groups is 1. The molecule has 0 aliphatic carbocycles. The normalized spacial score (nSPS) is 10.2. The third-order valence-corrected chi connectivity index (χ3v) is 3.15. The van der Waals surface area contributed by atoms with E-state index in [9.17, 15) is 4.79 Å². The highest BCUT2D eigenvalue weighted by atomic mass is 16.5. The Kier molecular flexibility index (Phi) is 6.39. The van der Waals surface area contributed by atoms with Crippen LogP contribution in [-0.4, -0.2) is 36.1 Å². The lowest BCUT2D eigenvalue weighted by Crippen LogP contribution is -2.32. The molecule has 2 rings (SSSR count). The molecular formula is C17H21N3O2. The number of rotatable bonds is 7. The first-order chi connectivity index (χ1) is 10.8. The molecule has 0 saturated carbocycles. The highest BCUT2D eigenvalue weighted by Gasteiger charge is 2.08. The van der Waals surface area contributed by atoms with Gasteiger partial charge in [-0.05, 0) is 24.1 Å². The van der Waals surface area contributed by atoms with Gasteiger partial charge in [0, 0.05) is 26.4 Å². The molecule has 1 aromatic heterocycles. The number of pyridine rings is 1. The molecule has 1 N–H and O–H groups in total. The standard InChI is InChI=1S/C17H21N3O2/c1-20(17(21)19-16-9-5-10-18-13-16)11-6-12-22-14-15-7-3-2-4-8-15/h2-5,7-10,13H,6,11-12,14H2,1H3,(H,19,21). The van der Waals surface area contributed by atoms with E-state index in [4.69, 9.17) is 4.74 Å². The maximum absolute atomic E-state index is 11.9. The molecule has 1 aromatic carbocycles. The summed E-state index contributed by atoms with van der Waals surface area (Å²) in [5.74, 6) is 0. The van der Waals surface area contributed by atoms with Crippen LogP contribution in [0.3, 0.4) is 0 Å². The number of ether oxygens (including phenoxy) is 1. The Labute approximate surface area is 130 Å². The maximum atomic E-state index is 11.9. The molecule has 0 unspecified atom stereocenters. The minimum atomic E-state index is -0.143. The van der Waals surface area contributed by atoms with Gasteiger partial charge in [0.2, 0.25) is 0 Å². The van der Waals surface area contributed by atoms with Crippen LogP contribution >= 0.6 is 0 Å². The molecule has 0 aliphatic heterocycles. The molecule has 0 fully saturated rings. The molecule has 2 aromatic rings. The highest BCUT2D eigenvalue weighted by molar-refractivity contribution is 5.88. The molecule has 0 atom stereocenters. The maximum Gasteiger partial charge on any atom is 0.321 e. The second kappa shape index (κ2) is 8.79. The van der Waals surface area contributed by atoms with Gasteiger partial charge in [-0.1, -0.05) is 30.3 Å². The molecule has 5 heteroatoms. The predicted octanol–water partition coefficient (Wildman–Crippen LogP) is 3.15. The van der Waals surface area contributed by atoms with Crippen molar-refractivity contribution >= 4 is 11.7 Å². The summed E-state index contributed by atoms with van der Waals surface area (Å²) in [6, 6.07) is 13.5. The molecule has 0 radical (unpaired) electrons. The third kappa shape index (κ3) is 5.54. The van der Waals surface area contributed by atoms with Crippen molar-refractivity contribution in [2.24, 2.45) is 0 Å². The lowest BCUT2D eigenvalue weighted by molar-refractivity contribution is 0.113. The van der Waals surface area contributed by atoms with E-state index in [1.165, 1.54) is 0 Å². The number of benzene rings is 1. The van der Waals surface area contributed by atoms with Gasteiger partial charge in [-0.3, -0.25) is 4.98 Å². The van der Waals surface area contributed by atoms with Crippen molar-refractivity contribution in [3.05, 3.63) is 60.4 Å². The Balaban J connectivity index is 1.61. The SMILES string of the molecule is CN(CCCOCc1ccccc1)C(=O)Nc1cccnc1. The fourth-order valence-electron chi connectivity index (χ4n) is 1.93. The first-order valence-electron chi connectivity index (χ1n) is 7.29. The van der Waals surface area contributed by atoms with Gasteiger partial charge in [0.05, 0.1) is 18.5 Å². The Morgan fingerprint density at radius 1 is 1.23 bits per heavy atom. The van der Waals surface area contributed by atoms with Crippen LogP contribution in [0.1, 0.15) is 12.0 Å². The number of carbonyl (C=O) groups excluding carboxylic acids is 1. The largest absolute Gasteiger partial charge is 0.377 e. The second-order valence-corrected chi connectivity index (χ2v) is 4.99. The third-order valence-electron chi connectivity index (χ3n) is 3.15. The summed E-state index contributed by atoms with van der Waals surface area (Å²) in [5.41, 5.74) is 1.85. The molecule has 2 amide bonds. The Bertz CT molecular complexity index is 561. The first kappa shape index (κ1) is 16.0. The monoisotopic (exact) mass is 299 g/mol. The average Bonchev–Trinajstić information content (AvgIpc) is 2.56. The van der Waals surface area contributed by atoms with Crippen LogP contribution in [0.25, 0.3) is 0 Å². The Morgan fingerprint density at radius 3 is 2.77 bits per heavy atom. The van der Waals surface area contributed by atoms with E-state index in [0.717, 1.165) is 12.0 Å². The van der Waals surface area contributed by atoms with E-state index in [1.807, 2.05) is 36.4 Å². The summed E-state index contributed by atoms with van der Waals surface area (Å²) in [6.07, 6.45) is 4.09. The molecule has 1 heterocycles. The number of amides is 2. The van der Waals surface area contributed by atoms with Gasteiger partial charge in [-0.15, -0.1) is 0 Å². The van der Waals surface area contributed by atoms with Crippen LogP contribution in [0.5, 0.6) is 0 Å². The summed E-state index contributed by atoms with van der Waals surface area (Å²) in [7, 11) is 1.77. The van der Waals surface area contributed by atoms with Crippen LogP contribution in [0, 0.1) is 0 Å². The average molecular weight is 299 g/mol. The molecule has 116 valence electrons. The second-order valence-electron chi connectivity index (χ2n) is 4.99. The minimum Gasteiger partial charge on any atom is -0.377 e. The summed E-state index contributed by atoms with van der Waals surface area (Å²) in [4.78, 5) is 17.5. The summed E-state index contributed by atoms with van der Waals surface area (Å²) < 4.78 is 5.60. The molecule has 5 nitrogen and oxygen atoms in total. The van der Waals surface area contributed by atoms with Gasteiger partial charge in [-0.2, -0.15) is 0 Å². The van der Waals surface area contributed by atoms with Crippen molar-refractivity contribution in [2.75, 3.05) is 25.5 Å². The van der Waals surface area contributed by atoms with Crippen molar-refractivity contribution < 1.29 is 9.53 Å². The van der Waals surface area contributed by atoms with E-state index >= 15 is 0 Å². The van der Waals surface area contributed by atoms with Gasteiger partial charge in [0.25, 0.3) is 0 Å². The van der Waals surface area contributed by atoms with Crippen molar-refractivity contribution in [1.82, 2.24) is 9.88 Å². The number of hydrogen-bond donors (Lipinski definition) is 1. The van der Waals surface area contributed by atoms with Crippen molar-refractivity contribution in [3.63, 3.8) is 0 Å². The summed E-state index contributed by atoms with van der Waals surface area (Å²) in [6.45, 7) is 1.87. The first-order valence-corrected chi connectivity index (χ1v) is 7.29. The van der Waals surface area contributed by atoms with Crippen LogP contribution in [0.2, 0.25) is 0 Å². The summed E-state index contributed by atoms with van der Waals surface area (Å²) >= 11 is 0. The van der Waals surface area contributed by atoms with Gasteiger partial charge in [-0.25, -0.2) is 4.79 Å². The lowest BCUT2D eigenvalue weighted by Gasteiger charge is -2.17. The fraction of sp³-hybridized carbons (Fsp3) is 0.294. The van der Waals surface area contributed by atoms with E-state index in [-0.39, 0.29) is 6.03 Å². The molecule has 0 spiro atoms. The number of anilines is 1. The lowest BCUT2D eigenvalue weighted by atomic mass is 10.2. The number of nitrogens with zero attached hydrogens (tertiary/aromatic N) is 2. The molecule has 22 heavy (non-hydrogen) atoms. The minimum absolute atomic E-state index is 0.143. The molecular weight excluding hydrogens is 278 g/mol. The predicted molar refractivity (Wildman–Crippen MR) is 86.6 cm³/mol. The number of urea groups is 1. The van der Waals surface area contributed by atoms with Gasteiger partial charge >= 0.3 is 6.03 Å². The quantitative estimate of drug-likeness (QED) is 0.799. The van der Waals surface area contributed by atoms with Gasteiger partial charge in [0.1, 0.15) is 0 Å². The number of hydrogen-bond acceptors (Lipinski definition) is 3. The Morgan fingerprint density at radius 2 is 2.05 bits per heavy atom. The van der Waals surface area contributed by atoms with Crippen LogP contribution < -0.4 is 5.32 Å². The van der Waals surface area contributed by atoms with Crippen LogP contribution in [0.15, 0.2) is 54.9 Å². The fourth-order valence-corrected chi connectivity index (χ4v) is 1.93. The van der Waals surface area contributed by atoms with E-state index < -0.39 is 0 Å². The van der Waals surface area contributed by atoms with E-state index in [0.29, 0.717) is 25.4 Å². The number of nitrogens with one attached hydrogen (secondary N) is 1. The zero-order valence-electron chi connectivity index (χ0n) is 12.7. The Hall–Kier alpha value is -2.40.